The number of phenolic OH excluding ortho intramolecular Hbond substituents is 2. The van der Waals surface area contributed by atoms with Gasteiger partial charge < -0.3 is 38.6 Å². The molecule has 4 aromatic carbocycles. The zero-order chi connectivity index (χ0) is 37.2. The Bertz CT molecular complexity index is 1970. The molecule has 4 aromatic rings. The van der Waals surface area contributed by atoms with Crippen LogP contribution in [0.15, 0.2) is 24.3 Å². The van der Waals surface area contributed by atoms with E-state index < -0.39 is 58.0 Å². The number of hydrogen-bond acceptors (Lipinski definition) is 14. The second kappa shape index (κ2) is 14.5. The highest BCUT2D eigenvalue weighted by Crippen LogP contribution is 2.55. The summed E-state index contributed by atoms with van der Waals surface area (Å²) in [5, 5.41) is 24.1. The first kappa shape index (κ1) is 36.7. The van der Waals surface area contributed by atoms with Gasteiger partial charge in [0, 0.05) is 59.7 Å². The number of hydrogen-bond donors (Lipinski definition) is 2. The van der Waals surface area contributed by atoms with Crippen molar-refractivity contribution >= 4 is 57.0 Å². The highest BCUT2D eigenvalue weighted by atomic mass is 16.6. The van der Waals surface area contributed by atoms with Gasteiger partial charge in [-0.15, -0.1) is 0 Å². The third kappa shape index (κ3) is 6.72. The SMILES string of the molecule is COC(=O)c1c(O)c(-c2c(O)c(C(=O)OC)c(OC(C)=O)c3cc(OC)c(CC(C)=O)cc23)c2cc(CC(C)=O)c(OC)cc2c1OC(C)=O. The Hall–Kier alpha value is -6.18. The van der Waals surface area contributed by atoms with Crippen molar-refractivity contribution in [3.05, 3.63) is 46.5 Å². The highest BCUT2D eigenvalue weighted by molar-refractivity contribution is 6.20. The predicted octanol–water partition coefficient (Wildman–Crippen LogP) is 4.78. The number of fused-ring (bicyclic) bond motifs is 2. The molecule has 0 heterocycles. The summed E-state index contributed by atoms with van der Waals surface area (Å²) in [5.74, 6) is -6.88. The lowest BCUT2D eigenvalue weighted by Gasteiger charge is -2.23. The molecule has 0 fully saturated rings. The summed E-state index contributed by atoms with van der Waals surface area (Å²) in [5.41, 5.74) is -1.27. The van der Waals surface area contributed by atoms with Crippen LogP contribution in [0.5, 0.6) is 34.5 Å². The number of methoxy groups -OCH3 is 4. The molecule has 0 saturated carbocycles. The lowest BCUT2D eigenvalue weighted by atomic mass is 9.85. The Morgan fingerprint density at radius 1 is 0.540 bits per heavy atom. The molecule has 14 nitrogen and oxygen atoms in total. The largest absolute Gasteiger partial charge is 0.506 e. The van der Waals surface area contributed by atoms with E-state index in [0.29, 0.717) is 11.1 Å². The molecule has 0 bridgehead atoms. The third-order valence-corrected chi connectivity index (χ3v) is 7.67. The molecule has 0 atom stereocenters. The molecular weight excluding hydrogens is 656 g/mol. The fourth-order valence-corrected chi connectivity index (χ4v) is 5.81. The van der Waals surface area contributed by atoms with Crippen LogP contribution in [0.25, 0.3) is 32.7 Å². The van der Waals surface area contributed by atoms with Gasteiger partial charge in [-0.25, -0.2) is 9.59 Å². The van der Waals surface area contributed by atoms with Gasteiger partial charge in [-0.3, -0.25) is 19.2 Å². The van der Waals surface area contributed by atoms with Crippen LogP contribution in [-0.4, -0.2) is 74.1 Å². The first-order valence-corrected chi connectivity index (χ1v) is 14.9. The maximum atomic E-state index is 13.3. The average molecular weight is 691 g/mol. The number of carbonyl (C=O) groups is 6. The molecule has 50 heavy (non-hydrogen) atoms. The van der Waals surface area contributed by atoms with E-state index in [9.17, 15) is 39.0 Å². The minimum absolute atomic E-state index is 0.00810. The maximum Gasteiger partial charge on any atom is 0.345 e. The van der Waals surface area contributed by atoms with Gasteiger partial charge >= 0.3 is 23.9 Å². The van der Waals surface area contributed by atoms with Crippen molar-refractivity contribution < 1.29 is 67.4 Å². The van der Waals surface area contributed by atoms with Gasteiger partial charge in [0.2, 0.25) is 0 Å². The molecule has 0 aliphatic heterocycles. The molecule has 0 radical (unpaired) electrons. The maximum absolute atomic E-state index is 13.3. The van der Waals surface area contributed by atoms with Crippen molar-refractivity contribution in [3.8, 4) is 45.6 Å². The quantitative estimate of drug-likeness (QED) is 0.161. The van der Waals surface area contributed by atoms with Crippen molar-refractivity contribution in [2.75, 3.05) is 28.4 Å². The fraction of sp³-hybridized carbons (Fsp3) is 0.278. The molecule has 0 aliphatic rings. The van der Waals surface area contributed by atoms with Crippen LogP contribution in [0.1, 0.15) is 59.5 Å². The molecular formula is C36H34O14. The van der Waals surface area contributed by atoms with Crippen LogP contribution in [0, 0.1) is 0 Å². The van der Waals surface area contributed by atoms with E-state index in [0.717, 1.165) is 28.1 Å². The predicted molar refractivity (Wildman–Crippen MR) is 177 cm³/mol. The minimum Gasteiger partial charge on any atom is -0.506 e. The van der Waals surface area contributed by atoms with Crippen molar-refractivity contribution in [2.24, 2.45) is 0 Å². The second-order valence-electron chi connectivity index (χ2n) is 11.2. The monoisotopic (exact) mass is 690 g/mol. The Kier molecular flexibility index (Phi) is 10.6. The summed E-state index contributed by atoms with van der Waals surface area (Å²) in [4.78, 5) is 76.0. The molecule has 0 aliphatic carbocycles. The summed E-state index contributed by atoms with van der Waals surface area (Å²) in [6.45, 7) is 4.82. The normalized spacial score (nSPS) is 10.8. The number of phenols is 2. The van der Waals surface area contributed by atoms with Crippen molar-refractivity contribution in [2.45, 2.75) is 40.5 Å². The molecule has 4 rings (SSSR count). The van der Waals surface area contributed by atoms with Gasteiger partial charge in [0.15, 0.2) is 11.5 Å². The first-order chi connectivity index (χ1) is 23.6. The highest BCUT2D eigenvalue weighted by Gasteiger charge is 2.35. The van der Waals surface area contributed by atoms with Crippen molar-refractivity contribution in [1.29, 1.82) is 0 Å². The Morgan fingerprint density at radius 3 is 1.14 bits per heavy atom. The van der Waals surface area contributed by atoms with E-state index in [4.69, 9.17) is 28.4 Å². The second-order valence-corrected chi connectivity index (χ2v) is 11.2. The van der Waals surface area contributed by atoms with E-state index in [1.165, 1.54) is 52.3 Å². The lowest BCUT2D eigenvalue weighted by Crippen LogP contribution is -2.13. The summed E-state index contributed by atoms with van der Waals surface area (Å²) in [6, 6.07) is 5.61. The van der Waals surface area contributed by atoms with Gasteiger partial charge in [0.05, 0.1) is 28.4 Å². The molecule has 2 N–H and O–H groups in total. The van der Waals surface area contributed by atoms with Crippen LogP contribution in [0.4, 0.5) is 0 Å². The Morgan fingerprint density at radius 2 is 0.880 bits per heavy atom. The molecule has 0 spiro atoms. The number of Topliss-reactive ketones (excluding diaryl/α,β-unsaturated/α-hetero) is 2. The Balaban J connectivity index is 2.47. The van der Waals surface area contributed by atoms with Crippen molar-refractivity contribution in [3.63, 3.8) is 0 Å². The van der Waals surface area contributed by atoms with E-state index in [-0.39, 0.29) is 68.6 Å². The van der Waals surface area contributed by atoms with Gasteiger partial charge in [0.25, 0.3) is 0 Å². The summed E-state index contributed by atoms with van der Waals surface area (Å²) in [6.07, 6.45) is -0.321. The number of esters is 4. The van der Waals surface area contributed by atoms with Gasteiger partial charge in [-0.05, 0) is 48.9 Å². The molecule has 0 amide bonds. The molecule has 0 saturated heterocycles. The summed E-state index contributed by atoms with van der Waals surface area (Å²) in [7, 11) is 4.71. The van der Waals surface area contributed by atoms with Crippen LogP contribution in [0.3, 0.4) is 0 Å². The van der Waals surface area contributed by atoms with Crippen LogP contribution >= 0.6 is 0 Å². The first-order valence-electron chi connectivity index (χ1n) is 14.9. The van der Waals surface area contributed by atoms with Gasteiger partial charge in [0.1, 0.15) is 45.7 Å². The standard InChI is InChI=1S/C36H34O14/c1-15(37)9-19-11-21-23(13-25(19)45-5)33(49-17(3)39)29(35(43)47-7)31(41)27(21)28-22-12-20(10-16(2)38)26(46-6)14-24(22)34(50-18(4)40)30(32(28)42)36(44)48-8/h11-14,41-42H,9-10H2,1-8H3. The third-order valence-electron chi connectivity index (χ3n) is 7.67. The lowest BCUT2D eigenvalue weighted by molar-refractivity contribution is -0.132. The molecule has 0 aromatic heterocycles. The zero-order valence-corrected chi connectivity index (χ0v) is 28.5. The smallest absolute Gasteiger partial charge is 0.345 e. The Labute approximate surface area is 285 Å². The molecule has 14 heteroatoms. The van der Waals surface area contributed by atoms with E-state index in [1.807, 2.05) is 0 Å². The minimum atomic E-state index is -1.15. The number of ketones is 2. The number of benzene rings is 4. The van der Waals surface area contributed by atoms with Gasteiger partial charge in [-0.1, -0.05) is 0 Å². The average Bonchev–Trinajstić information content (AvgIpc) is 3.04. The number of aromatic hydroxyl groups is 2. The van der Waals surface area contributed by atoms with Crippen LogP contribution in [-0.2, 0) is 41.5 Å². The number of ether oxygens (including phenoxy) is 6. The van der Waals surface area contributed by atoms with E-state index >= 15 is 0 Å². The number of carbonyl (C=O) groups excluding carboxylic acids is 6. The van der Waals surface area contributed by atoms with Crippen LogP contribution in [0.2, 0.25) is 0 Å². The summed E-state index contributed by atoms with van der Waals surface area (Å²) >= 11 is 0. The fourth-order valence-electron chi connectivity index (χ4n) is 5.81. The zero-order valence-electron chi connectivity index (χ0n) is 28.5. The van der Waals surface area contributed by atoms with Gasteiger partial charge in [-0.2, -0.15) is 0 Å². The number of rotatable bonds is 11. The van der Waals surface area contributed by atoms with E-state index in [2.05, 4.69) is 0 Å². The van der Waals surface area contributed by atoms with Crippen molar-refractivity contribution in [1.82, 2.24) is 0 Å². The van der Waals surface area contributed by atoms with E-state index in [1.54, 1.807) is 0 Å². The molecule has 262 valence electrons. The summed E-state index contributed by atoms with van der Waals surface area (Å²) < 4.78 is 31.9. The van der Waals surface area contributed by atoms with Crippen LogP contribution < -0.4 is 18.9 Å². The topological polar surface area (TPSA) is 198 Å². The molecule has 0 unspecified atom stereocenters.